The molecule has 2 heterocycles. The van der Waals surface area contributed by atoms with Crippen molar-refractivity contribution < 1.29 is 9.73 Å². The molecule has 7 heteroatoms. The van der Waals surface area contributed by atoms with Gasteiger partial charge in [0.25, 0.3) is 5.89 Å². The third kappa shape index (κ3) is 2.09. The van der Waals surface area contributed by atoms with Gasteiger partial charge in [0.05, 0.1) is 5.69 Å². The van der Waals surface area contributed by atoms with Gasteiger partial charge in [-0.3, -0.25) is 10.7 Å². The molecule has 0 saturated carbocycles. The zero-order chi connectivity index (χ0) is 13.2. The molecule has 0 spiro atoms. The predicted octanol–water partition coefficient (Wildman–Crippen LogP) is 2.90. The van der Waals surface area contributed by atoms with Crippen molar-refractivity contribution in [3.05, 3.63) is 30.1 Å². The van der Waals surface area contributed by atoms with Crippen molar-refractivity contribution in [2.24, 2.45) is 4.99 Å². The fraction of sp³-hybridized carbons (Fsp3) is 0.0833. The van der Waals surface area contributed by atoms with Gasteiger partial charge in [-0.2, -0.15) is 4.98 Å². The van der Waals surface area contributed by atoms with E-state index in [0.29, 0.717) is 17.4 Å². The molecule has 96 valence electrons. The van der Waals surface area contributed by atoms with Crippen LogP contribution >= 0.6 is 11.3 Å². The second kappa shape index (κ2) is 4.79. The molecule has 0 fully saturated rings. The fourth-order valence-electron chi connectivity index (χ4n) is 1.79. The topological polar surface area (TPSA) is 83.5 Å². The van der Waals surface area contributed by atoms with Gasteiger partial charge < -0.3 is 4.52 Å². The number of benzene rings is 1. The number of nitrogens with one attached hydrogen (secondary N) is 1. The molecule has 0 aliphatic carbocycles. The van der Waals surface area contributed by atoms with E-state index in [1.54, 1.807) is 6.92 Å². The number of fused-ring (bicyclic) bond motifs is 1. The molecule has 3 aromatic rings. The van der Waals surface area contributed by atoms with E-state index in [9.17, 15) is 0 Å². The van der Waals surface area contributed by atoms with Crippen LogP contribution in [0.5, 0.6) is 0 Å². The molecule has 19 heavy (non-hydrogen) atoms. The first-order valence-electron chi connectivity index (χ1n) is 5.54. The van der Waals surface area contributed by atoms with Gasteiger partial charge in [-0.15, -0.1) is 11.3 Å². The zero-order valence-corrected chi connectivity index (χ0v) is 10.8. The highest BCUT2D eigenvalue weighted by molar-refractivity contribution is 7.23. The van der Waals surface area contributed by atoms with Gasteiger partial charge in [-0.1, -0.05) is 23.4 Å². The Bertz CT molecular complexity index is 747. The van der Waals surface area contributed by atoms with E-state index in [4.69, 9.17) is 9.73 Å². The van der Waals surface area contributed by atoms with Crippen LogP contribution in [0.15, 0.2) is 33.8 Å². The Kier molecular flexibility index (Phi) is 2.98. The minimum Gasteiger partial charge on any atom is -0.333 e. The number of thiophene rings is 1. The molecule has 0 atom stereocenters. The van der Waals surface area contributed by atoms with Crippen molar-refractivity contribution in [3.8, 4) is 10.8 Å². The molecular formula is C12H10N4O2S. The van der Waals surface area contributed by atoms with E-state index in [0.717, 1.165) is 15.0 Å². The second-order valence-electron chi connectivity index (χ2n) is 3.81. The molecule has 0 saturated heterocycles. The maximum atomic E-state index is 8.66. The Morgan fingerprint density at radius 1 is 1.42 bits per heavy atom. The maximum Gasteiger partial charge on any atom is 0.270 e. The molecule has 0 amide bonds. The van der Waals surface area contributed by atoms with Gasteiger partial charge in [0.15, 0.2) is 5.82 Å². The highest BCUT2D eigenvalue weighted by Gasteiger charge is 2.17. The quantitative estimate of drug-likeness (QED) is 0.436. The summed E-state index contributed by atoms with van der Waals surface area (Å²) in [5.74, 6) is 1.01. The highest BCUT2D eigenvalue weighted by atomic mass is 32.1. The van der Waals surface area contributed by atoms with Crippen molar-refractivity contribution in [1.82, 2.24) is 15.6 Å². The average molecular weight is 274 g/mol. The predicted molar refractivity (Wildman–Crippen MR) is 72.9 cm³/mol. The molecule has 0 bridgehead atoms. The van der Waals surface area contributed by atoms with Crippen LogP contribution in [0.25, 0.3) is 20.9 Å². The smallest absolute Gasteiger partial charge is 0.270 e. The monoisotopic (exact) mass is 274 g/mol. The normalized spacial score (nSPS) is 11.5. The lowest BCUT2D eigenvalue weighted by atomic mass is 10.2. The Morgan fingerprint density at radius 3 is 3.00 bits per heavy atom. The number of aryl methyl sites for hydroxylation is 1. The molecule has 0 radical (unpaired) electrons. The first kappa shape index (κ1) is 11.8. The van der Waals surface area contributed by atoms with Crippen molar-refractivity contribution in [2.45, 2.75) is 6.92 Å². The number of hydrogen-bond acceptors (Lipinski definition) is 6. The molecule has 2 aromatic heterocycles. The van der Waals surface area contributed by atoms with Gasteiger partial charge in [-0.05, 0) is 13.0 Å². The molecule has 0 aliphatic heterocycles. The van der Waals surface area contributed by atoms with Crippen LogP contribution < -0.4 is 5.48 Å². The van der Waals surface area contributed by atoms with Crippen LogP contribution in [0.2, 0.25) is 0 Å². The average Bonchev–Trinajstić information content (AvgIpc) is 3.00. The molecule has 6 nitrogen and oxygen atoms in total. The largest absolute Gasteiger partial charge is 0.333 e. The van der Waals surface area contributed by atoms with Crippen LogP contribution in [0, 0.1) is 6.92 Å². The molecule has 3 rings (SSSR count). The van der Waals surface area contributed by atoms with Crippen molar-refractivity contribution in [2.75, 3.05) is 0 Å². The number of nitrogens with zero attached hydrogens (tertiary/aromatic N) is 3. The van der Waals surface area contributed by atoms with Gasteiger partial charge in [0.1, 0.15) is 11.2 Å². The minimum absolute atomic E-state index is 0.434. The van der Waals surface area contributed by atoms with E-state index in [1.807, 2.05) is 29.7 Å². The first-order chi connectivity index (χ1) is 9.29. The fourth-order valence-corrected chi connectivity index (χ4v) is 2.86. The second-order valence-corrected chi connectivity index (χ2v) is 4.86. The standard InChI is InChI=1S/C12H10N4O2S/c1-7-15-12(18-16-7)11-10(13-6-14-17)8-4-2-3-5-9(8)19-11/h2-6,17H,1H3,(H,13,14). The summed E-state index contributed by atoms with van der Waals surface area (Å²) in [4.78, 5) is 9.20. The van der Waals surface area contributed by atoms with Crippen LogP contribution in [0.4, 0.5) is 5.69 Å². The van der Waals surface area contributed by atoms with E-state index >= 15 is 0 Å². The van der Waals surface area contributed by atoms with Gasteiger partial charge in [-0.25, -0.2) is 4.99 Å². The Balaban J connectivity index is 2.25. The Labute approximate surface area is 112 Å². The Morgan fingerprint density at radius 2 is 2.26 bits per heavy atom. The van der Waals surface area contributed by atoms with E-state index in [-0.39, 0.29) is 0 Å². The summed E-state index contributed by atoms with van der Waals surface area (Å²) in [6.45, 7) is 1.76. The SMILES string of the molecule is Cc1noc(-c2sc3ccccc3c2N=CNO)n1. The number of aliphatic imine (C=N–C) groups is 1. The lowest BCUT2D eigenvalue weighted by Crippen LogP contribution is -2.00. The first-order valence-corrected chi connectivity index (χ1v) is 6.35. The summed E-state index contributed by atoms with van der Waals surface area (Å²) in [7, 11) is 0. The number of aromatic nitrogens is 2. The van der Waals surface area contributed by atoms with E-state index in [2.05, 4.69) is 15.1 Å². The van der Waals surface area contributed by atoms with Crippen molar-refractivity contribution in [3.63, 3.8) is 0 Å². The molecular weight excluding hydrogens is 264 g/mol. The number of hydrogen-bond donors (Lipinski definition) is 2. The summed E-state index contributed by atoms with van der Waals surface area (Å²) >= 11 is 1.52. The van der Waals surface area contributed by atoms with Crippen molar-refractivity contribution in [1.29, 1.82) is 0 Å². The van der Waals surface area contributed by atoms with E-state index < -0.39 is 0 Å². The van der Waals surface area contributed by atoms with Gasteiger partial charge in [0, 0.05) is 10.1 Å². The molecule has 1 aromatic carbocycles. The van der Waals surface area contributed by atoms with Gasteiger partial charge >= 0.3 is 0 Å². The van der Waals surface area contributed by atoms with Crippen LogP contribution in [0.3, 0.4) is 0 Å². The third-order valence-electron chi connectivity index (χ3n) is 2.54. The van der Waals surface area contributed by atoms with Crippen LogP contribution in [0.1, 0.15) is 5.82 Å². The highest BCUT2D eigenvalue weighted by Crippen LogP contribution is 2.43. The molecule has 2 N–H and O–H groups in total. The van der Waals surface area contributed by atoms with E-state index in [1.165, 1.54) is 17.7 Å². The number of rotatable bonds is 3. The maximum absolute atomic E-state index is 8.66. The summed E-state index contributed by atoms with van der Waals surface area (Å²) in [6.07, 6.45) is 1.21. The number of hydroxylamine groups is 1. The van der Waals surface area contributed by atoms with Crippen LogP contribution in [-0.2, 0) is 0 Å². The summed E-state index contributed by atoms with van der Waals surface area (Å²) in [5.41, 5.74) is 2.60. The zero-order valence-electron chi connectivity index (χ0n) is 9.99. The summed E-state index contributed by atoms with van der Waals surface area (Å²) in [5, 5.41) is 13.4. The third-order valence-corrected chi connectivity index (χ3v) is 3.69. The summed E-state index contributed by atoms with van der Waals surface area (Å²) in [6, 6.07) is 7.85. The van der Waals surface area contributed by atoms with Crippen LogP contribution in [-0.4, -0.2) is 21.7 Å². The van der Waals surface area contributed by atoms with Crippen molar-refractivity contribution >= 4 is 33.4 Å². The molecule has 0 unspecified atom stereocenters. The van der Waals surface area contributed by atoms with Gasteiger partial charge in [0.2, 0.25) is 0 Å². The minimum atomic E-state index is 0.434. The molecule has 0 aliphatic rings. The lowest BCUT2D eigenvalue weighted by molar-refractivity contribution is 0.240. The lowest BCUT2D eigenvalue weighted by Gasteiger charge is -1.94. The Hall–Kier alpha value is -2.25. The summed E-state index contributed by atoms with van der Waals surface area (Å²) < 4.78 is 6.26.